The first-order valence-electron chi connectivity index (χ1n) is 11.1. The second-order valence-corrected chi connectivity index (χ2v) is 14.3. The Labute approximate surface area is 173 Å². The topological polar surface area (TPSA) is 52.6 Å². The number of carbonyl (C=O) groups excluding carboxylic acids is 2. The lowest BCUT2D eigenvalue weighted by Crippen LogP contribution is -2.47. The smallest absolute Gasteiger partial charge is 0.306 e. The molecule has 28 heavy (non-hydrogen) atoms. The van der Waals surface area contributed by atoms with Gasteiger partial charge in [-0.3, -0.25) is 9.59 Å². The Bertz CT molecular complexity index is 533. The van der Waals surface area contributed by atoms with Crippen LogP contribution in [-0.2, 0) is 18.8 Å². The van der Waals surface area contributed by atoms with Gasteiger partial charge in [-0.1, -0.05) is 52.7 Å². The number of allylic oxidation sites excluding steroid dienone is 1. The van der Waals surface area contributed by atoms with E-state index in [9.17, 15) is 9.59 Å². The van der Waals surface area contributed by atoms with Crippen LogP contribution in [0.4, 0.5) is 0 Å². The maximum absolute atomic E-state index is 12.8. The maximum atomic E-state index is 12.8. The first-order chi connectivity index (χ1) is 13.0. The molecule has 0 amide bonds. The fraction of sp³-hybridized carbons (Fsp3) is 0.826. The van der Waals surface area contributed by atoms with Crippen LogP contribution in [0.2, 0.25) is 18.1 Å². The third-order valence-corrected chi connectivity index (χ3v) is 10.7. The number of rotatable bonds is 11. The van der Waals surface area contributed by atoms with Gasteiger partial charge in [0.05, 0.1) is 12.7 Å². The second-order valence-electron chi connectivity index (χ2n) is 9.57. The molecule has 0 aromatic carbocycles. The summed E-state index contributed by atoms with van der Waals surface area (Å²) < 4.78 is 11.9. The third kappa shape index (κ3) is 7.47. The molecule has 1 fully saturated rings. The first-order valence-corrected chi connectivity index (χ1v) is 14.0. The zero-order valence-corrected chi connectivity index (χ0v) is 20.2. The van der Waals surface area contributed by atoms with Gasteiger partial charge in [-0.2, -0.15) is 0 Å². The zero-order chi connectivity index (χ0) is 21.4. The van der Waals surface area contributed by atoms with Crippen LogP contribution in [0.3, 0.4) is 0 Å². The number of ether oxygens (including phenoxy) is 1. The van der Waals surface area contributed by atoms with Crippen LogP contribution in [-0.4, -0.2) is 32.8 Å². The summed E-state index contributed by atoms with van der Waals surface area (Å²) in [7, 11) is -2.04. The van der Waals surface area contributed by atoms with Gasteiger partial charge in [-0.15, -0.1) is 0 Å². The minimum Gasteiger partial charge on any atom is -0.466 e. The highest BCUT2D eigenvalue weighted by Crippen LogP contribution is 2.42. The first kappa shape index (κ1) is 25.1. The molecule has 1 aliphatic carbocycles. The van der Waals surface area contributed by atoms with E-state index in [1.165, 1.54) is 12.8 Å². The summed E-state index contributed by atoms with van der Waals surface area (Å²) in [6.07, 6.45) is 10.2. The number of ketones is 1. The van der Waals surface area contributed by atoms with Gasteiger partial charge in [0, 0.05) is 18.8 Å². The van der Waals surface area contributed by atoms with Crippen molar-refractivity contribution in [1.82, 2.24) is 0 Å². The van der Waals surface area contributed by atoms with Gasteiger partial charge in [0.15, 0.2) is 8.32 Å². The standard InChI is InChI=1S/C23H42O4Si/c1-8-10-11-12-13-14-20(27-28(6,7)23(3,4)5)22-18(15-16-19(22)24)17-21(25)26-9-2/h13-14,18,20,22H,8-12,15-17H2,1-7H3/b14-13+/t18-,20+,22-/m1/s1. The van der Waals surface area contributed by atoms with E-state index in [4.69, 9.17) is 9.16 Å². The summed E-state index contributed by atoms with van der Waals surface area (Å²) >= 11 is 0. The molecule has 0 spiro atoms. The van der Waals surface area contributed by atoms with Crippen molar-refractivity contribution in [2.75, 3.05) is 6.61 Å². The summed E-state index contributed by atoms with van der Waals surface area (Å²) in [5.41, 5.74) is 0. The minimum absolute atomic E-state index is 0.0154. The van der Waals surface area contributed by atoms with Crippen LogP contribution in [0.5, 0.6) is 0 Å². The number of esters is 1. The summed E-state index contributed by atoms with van der Waals surface area (Å²) in [4.78, 5) is 24.9. The average Bonchev–Trinajstić information content (AvgIpc) is 2.93. The van der Waals surface area contributed by atoms with Gasteiger partial charge in [0.1, 0.15) is 5.78 Å². The zero-order valence-electron chi connectivity index (χ0n) is 19.2. The van der Waals surface area contributed by atoms with Gasteiger partial charge >= 0.3 is 5.97 Å². The predicted molar refractivity (Wildman–Crippen MR) is 118 cm³/mol. The van der Waals surface area contributed by atoms with E-state index in [1.807, 2.05) is 6.92 Å². The highest BCUT2D eigenvalue weighted by molar-refractivity contribution is 6.74. The van der Waals surface area contributed by atoms with E-state index in [1.54, 1.807) is 0 Å². The lowest BCUT2D eigenvalue weighted by Gasteiger charge is -2.40. The molecule has 0 saturated heterocycles. The van der Waals surface area contributed by atoms with Crippen molar-refractivity contribution in [1.29, 1.82) is 0 Å². The summed E-state index contributed by atoms with van der Waals surface area (Å²) in [6, 6.07) is 0. The van der Waals surface area contributed by atoms with Crippen LogP contribution in [0.15, 0.2) is 12.2 Å². The molecule has 4 nitrogen and oxygen atoms in total. The second kappa shape index (κ2) is 11.3. The Morgan fingerprint density at radius 2 is 1.93 bits per heavy atom. The van der Waals surface area contributed by atoms with Crippen LogP contribution in [0, 0.1) is 11.8 Å². The summed E-state index contributed by atoms with van der Waals surface area (Å²) in [5, 5.41) is 0.0690. The normalized spacial score (nSPS) is 22.0. The van der Waals surface area contributed by atoms with Crippen molar-refractivity contribution in [3.05, 3.63) is 12.2 Å². The Kier molecular flexibility index (Phi) is 10.1. The average molecular weight is 411 g/mol. The molecule has 0 N–H and O–H groups in total. The minimum atomic E-state index is -2.04. The molecular weight excluding hydrogens is 368 g/mol. The van der Waals surface area contributed by atoms with E-state index in [2.05, 4.69) is 52.9 Å². The molecule has 0 aromatic rings. The Balaban J connectivity index is 3.02. The number of hydrogen-bond donors (Lipinski definition) is 0. The molecule has 1 rings (SSSR count). The predicted octanol–water partition coefficient (Wildman–Crippen LogP) is 6.06. The monoisotopic (exact) mass is 410 g/mol. The molecule has 0 aromatic heterocycles. The lowest BCUT2D eigenvalue weighted by molar-refractivity contribution is -0.144. The van der Waals surface area contributed by atoms with Crippen molar-refractivity contribution in [3.8, 4) is 0 Å². The fourth-order valence-corrected chi connectivity index (χ4v) is 4.80. The fourth-order valence-electron chi connectivity index (χ4n) is 3.54. The van der Waals surface area contributed by atoms with Crippen molar-refractivity contribution >= 4 is 20.1 Å². The van der Waals surface area contributed by atoms with Gasteiger partial charge in [-0.05, 0) is 50.2 Å². The van der Waals surface area contributed by atoms with Gasteiger partial charge in [0.2, 0.25) is 0 Å². The van der Waals surface area contributed by atoms with Gasteiger partial charge in [-0.25, -0.2) is 0 Å². The number of unbranched alkanes of at least 4 members (excludes halogenated alkanes) is 3. The van der Waals surface area contributed by atoms with Crippen molar-refractivity contribution < 1.29 is 18.8 Å². The quantitative estimate of drug-likeness (QED) is 0.180. The van der Waals surface area contributed by atoms with E-state index in [0.717, 1.165) is 19.3 Å². The molecule has 0 heterocycles. The van der Waals surface area contributed by atoms with Gasteiger partial charge in [0.25, 0.3) is 0 Å². The van der Waals surface area contributed by atoms with E-state index < -0.39 is 8.32 Å². The highest BCUT2D eigenvalue weighted by Gasteiger charge is 2.45. The van der Waals surface area contributed by atoms with E-state index >= 15 is 0 Å². The Morgan fingerprint density at radius 3 is 2.50 bits per heavy atom. The molecule has 0 radical (unpaired) electrons. The number of hydrogen-bond acceptors (Lipinski definition) is 4. The SMILES string of the molecule is CCCCC/C=C/[C@H](O[Si](C)(C)C(C)(C)C)[C@H]1C(=O)CC[C@@H]1CC(=O)OCC. The summed E-state index contributed by atoms with van der Waals surface area (Å²) in [6.45, 7) is 15.5. The number of carbonyl (C=O) groups is 2. The molecule has 0 aliphatic heterocycles. The van der Waals surface area contributed by atoms with Crippen molar-refractivity contribution in [2.24, 2.45) is 11.8 Å². The van der Waals surface area contributed by atoms with Crippen molar-refractivity contribution in [2.45, 2.75) is 104 Å². The molecule has 3 atom stereocenters. The number of Topliss-reactive ketones (excluding diaryl/α,β-unsaturated/α-hetero) is 1. The van der Waals surface area contributed by atoms with E-state index in [-0.39, 0.29) is 34.7 Å². The lowest BCUT2D eigenvalue weighted by atomic mass is 9.87. The molecular formula is C23H42O4Si. The van der Waals surface area contributed by atoms with Crippen LogP contribution >= 0.6 is 0 Å². The Morgan fingerprint density at radius 1 is 1.25 bits per heavy atom. The van der Waals surface area contributed by atoms with E-state index in [0.29, 0.717) is 19.4 Å². The third-order valence-electron chi connectivity index (χ3n) is 6.27. The Hall–Kier alpha value is -0.943. The van der Waals surface area contributed by atoms with Crippen LogP contribution < -0.4 is 0 Å². The molecule has 5 heteroatoms. The molecule has 162 valence electrons. The van der Waals surface area contributed by atoms with Crippen molar-refractivity contribution in [3.63, 3.8) is 0 Å². The summed E-state index contributed by atoms with van der Waals surface area (Å²) in [5.74, 6) is -0.191. The molecule has 0 unspecified atom stereocenters. The molecule has 1 aliphatic rings. The van der Waals surface area contributed by atoms with Gasteiger partial charge < -0.3 is 9.16 Å². The van der Waals surface area contributed by atoms with Crippen LogP contribution in [0.25, 0.3) is 0 Å². The maximum Gasteiger partial charge on any atom is 0.306 e. The highest BCUT2D eigenvalue weighted by atomic mass is 28.4. The largest absolute Gasteiger partial charge is 0.466 e. The molecule has 1 saturated carbocycles. The van der Waals surface area contributed by atoms with Crippen LogP contribution in [0.1, 0.15) is 79.6 Å². The molecule has 0 bridgehead atoms.